The minimum Gasteiger partial charge on any atom is -0.491 e. The molecule has 0 unspecified atom stereocenters. The van der Waals surface area contributed by atoms with E-state index in [-0.39, 0.29) is 12.0 Å². The van der Waals surface area contributed by atoms with E-state index in [0.717, 1.165) is 11.3 Å². The fourth-order valence-electron chi connectivity index (χ4n) is 1.96. The molecule has 0 heterocycles. The Kier molecular flexibility index (Phi) is 5.16. The summed E-state index contributed by atoms with van der Waals surface area (Å²) in [6, 6.07) is 16.4. The molecule has 22 heavy (non-hydrogen) atoms. The van der Waals surface area contributed by atoms with E-state index in [1.807, 2.05) is 26.0 Å². The van der Waals surface area contributed by atoms with E-state index in [2.05, 4.69) is 11.4 Å². The third-order valence-corrected chi connectivity index (χ3v) is 2.98. The number of nitrogens with one attached hydrogen (secondary N) is 1. The van der Waals surface area contributed by atoms with Crippen LogP contribution in [0, 0.1) is 11.3 Å². The Morgan fingerprint density at radius 2 is 1.77 bits per heavy atom. The number of ether oxygens (including phenoxy) is 1. The van der Waals surface area contributed by atoms with Gasteiger partial charge in [0.25, 0.3) is 5.91 Å². The average molecular weight is 294 g/mol. The first-order chi connectivity index (χ1) is 10.6. The van der Waals surface area contributed by atoms with Crippen LogP contribution in [0.5, 0.6) is 5.75 Å². The van der Waals surface area contributed by atoms with Crippen LogP contribution in [-0.4, -0.2) is 12.0 Å². The summed E-state index contributed by atoms with van der Waals surface area (Å²) < 4.78 is 5.55. The summed E-state index contributed by atoms with van der Waals surface area (Å²) in [4.78, 5) is 12.2. The highest BCUT2D eigenvalue weighted by Gasteiger charge is 2.07. The number of amides is 1. The Hall–Kier alpha value is -2.80. The largest absolute Gasteiger partial charge is 0.491 e. The van der Waals surface area contributed by atoms with Gasteiger partial charge in [0, 0.05) is 11.3 Å². The van der Waals surface area contributed by atoms with Gasteiger partial charge in [-0.25, -0.2) is 0 Å². The summed E-state index contributed by atoms with van der Waals surface area (Å²) in [5, 5.41) is 11.5. The lowest BCUT2D eigenvalue weighted by atomic mass is 10.1. The monoisotopic (exact) mass is 294 g/mol. The Morgan fingerprint density at radius 3 is 2.32 bits per heavy atom. The van der Waals surface area contributed by atoms with Crippen molar-refractivity contribution in [3.8, 4) is 11.8 Å². The van der Waals surface area contributed by atoms with Crippen LogP contribution < -0.4 is 10.1 Å². The summed E-state index contributed by atoms with van der Waals surface area (Å²) in [5.41, 5.74) is 2.20. The van der Waals surface area contributed by atoms with Gasteiger partial charge in [0.05, 0.1) is 18.6 Å². The number of carbonyl (C=O) groups excluding carboxylic acids is 1. The fourth-order valence-corrected chi connectivity index (χ4v) is 1.96. The zero-order valence-corrected chi connectivity index (χ0v) is 12.7. The molecule has 4 nitrogen and oxygen atoms in total. The molecule has 0 atom stereocenters. The van der Waals surface area contributed by atoms with E-state index in [9.17, 15) is 4.79 Å². The molecule has 0 bridgehead atoms. The van der Waals surface area contributed by atoms with Gasteiger partial charge in [0.1, 0.15) is 5.75 Å². The number of nitrogens with zero attached hydrogens (tertiary/aromatic N) is 1. The van der Waals surface area contributed by atoms with Crippen LogP contribution in [0.25, 0.3) is 0 Å². The number of nitriles is 1. The van der Waals surface area contributed by atoms with Crippen LogP contribution in [0.3, 0.4) is 0 Å². The third kappa shape index (κ3) is 4.35. The highest BCUT2D eigenvalue weighted by atomic mass is 16.5. The van der Waals surface area contributed by atoms with Gasteiger partial charge in [-0.15, -0.1) is 0 Å². The summed E-state index contributed by atoms with van der Waals surface area (Å²) in [7, 11) is 0. The molecule has 2 rings (SSSR count). The first-order valence-corrected chi connectivity index (χ1v) is 7.12. The van der Waals surface area contributed by atoms with Crippen molar-refractivity contribution >= 4 is 11.6 Å². The molecule has 0 aliphatic heterocycles. The lowest BCUT2D eigenvalue weighted by molar-refractivity contribution is 0.102. The second kappa shape index (κ2) is 7.28. The van der Waals surface area contributed by atoms with Crippen LogP contribution in [-0.2, 0) is 6.42 Å². The van der Waals surface area contributed by atoms with Crippen molar-refractivity contribution < 1.29 is 9.53 Å². The zero-order chi connectivity index (χ0) is 15.9. The van der Waals surface area contributed by atoms with Gasteiger partial charge >= 0.3 is 0 Å². The Bertz CT molecular complexity index is 668. The second-order valence-corrected chi connectivity index (χ2v) is 5.18. The van der Waals surface area contributed by atoms with Crippen LogP contribution >= 0.6 is 0 Å². The summed E-state index contributed by atoms with van der Waals surface area (Å²) in [6.45, 7) is 3.91. The molecule has 4 heteroatoms. The van der Waals surface area contributed by atoms with Crippen LogP contribution in [0.4, 0.5) is 5.69 Å². The van der Waals surface area contributed by atoms with Crippen molar-refractivity contribution in [2.75, 3.05) is 5.32 Å². The molecule has 2 aromatic carbocycles. The first-order valence-electron chi connectivity index (χ1n) is 7.12. The lowest BCUT2D eigenvalue weighted by Crippen LogP contribution is -2.12. The van der Waals surface area contributed by atoms with Crippen molar-refractivity contribution in [1.29, 1.82) is 5.26 Å². The molecular formula is C18H18N2O2. The lowest BCUT2D eigenvalue weighted by Gasteiger charge is -2.10. The molecule has 0 aliphatic carbocycles. The molecule has 1 amide bonds. The van der Waals surface area contributed by atoms with E-state index in [4.69, 9.17) is 10.00 Å². The van der Waals surface area contributed by atoms with Gasteiger partial charge in [0.2, 0.25) is 0 Å². The number of carbonyl (C=O) groups is 1. The second-order valence-electron chi connectivity index (χ2n) is 5.18. The van der Waals surface area contributed by atoms with Crippen molar-refractivity contribution in [3.05, 3.63) is 59.7 Å². The third-order valence-electron chi connectivity index (χ3n) is 2.98. The Morgan fingerprint density at radius 1 is 1.14 bits per heavy atom. The number of rotatable bonds is 5. The van der Waals surface area contributed by atoms with E-state index < -0.39 is 0 Å². The Labute approximate surface area is 130 Å². The molecule has 112 valence electrons. The van der Waals surface area contributed by atoms with Crippen LogP contribution in [0.15, 0.2) is 48.5 Å². The number of hydrogen-bond acceptors (Lipinski definition) is 3. The van der Waals surface area contributed by atoms with E-state index in [1.54, 1.807) is 36.4 Å². The molecule has 0 aromatic heterocycles. The molecule has 1 N–H and O–H groups in total. The SMILES string of the molecule is CC(C)Oc1ccc(C(=O)Nc2ccc(CC#N)cc2)cc1. The van der Waals surface area contributed by atoms with Crippen molar-refractivity contribution in [3.63, 3.8) is 0 Å². The first kappa shape index (κ1) is 15.6. The van der Waals surface area contributed by atoms with Gasteiger partial charge < -0.3 is 10.1 Å². The standard InChI is InChI=1S/C18H18N2O2/c1-13(2)22-17-9-5-15(6-10-17)18(21)20-16-7-3-14(4-8-16)11-12-19/h3-10,13H,11H2,1-2H3,(H,20,21). The maximum absolute atomic E-state index is 12.2. The van der Waals surface area contributed by atoms with Gasteiger partial charge in [0.15, 0.2) is 0 Å². The number of hydrogen-bond donors (Lipinski definition) is 1. The normalized spacial score (nSPS) is 10.1. The maximum Gasteiger partial charge on any atom is 0.255 e. The Balaban J connectivity index is 2.01. The quantitative estimate of drug-likeness (QED) is 0.912. The zero-order valence-electron chi connectivity index (χ0n) is 12.7. The van der Waals surface area contributed by atoms with E-state index in [0.29, 0.717) is 17.7 Å². The summed E-state index contributed by atoms with van der Waals surface area (Å²) >= 11 is 0. The molecule has 0 fully saturated rings. The minimum atomic E-state index is -0.177. The van der Waals surface area contributed by atoms with Gasteiger partial charge in [-0.3, -0.25) is 4.79 Å². The number of anilines is 1. The predicted octanol–water partition coefficient (Wildman–Crippen LogP) is 3.79. The average Bonchev–Trinajstić information content (AvgIpc) is 2.49. The maximum atomic E-state index is 12.2. The topological polar surface area (TPSA) is 62.1 Å². The molecule has 0 saturated carbocycles. The van der Waals surface area contributed by atoms with Crippen molar-refractivity contribution in [1.82, 2.24) is 0 Å². The van der Waals surface area contributed by atoms with Gasteiger partial charge in [-0.1, -0.05) is 12.1 Å². The highest BCUT2D eigenvalue weighted by molar-refractivity contribution is 6.04. The molecule has 0 aliphatic rings. The number of benzene rings is 2. The molecule has 0 saturated heterocycles. The molecule has 0 spiro atoms. The van der Waals surface area contributed by atoms with Crippen molar-refractivity contribution in [2.45, 2.75) is 26.4 Å². The van der Waals surface area contributed by atoms with Crippen molar-refractivity contribution in [2.24, 2.45) is 0 Å². The highest BCUT2D eigenvalue weighted by Crippen LogP contribution is 2.16. The van der Waals surface area contributed by atoms with Gasteiger partial charge in [-0.05, 0) is 55.8 Å². The molecule has 0 radical (unpaired) electrons. The molecular weight excluding hydrogens is 276 g/mol. The summed E-state index contributed by atoms with van der Waals surface area (Å²) in [6.07, 6.45) is 0.470. The van der Waals surface area contributed by atoms with Crippen LogP contribution in [0.1, 0.15) is 29.8 Å². The fraction of sp³-hybridized carbons (Fsp3) is 0.222. The predicted molar refractivity (Wildman–Crippen MR) is 85.9 cm³/mol. The molecule has 2 aromatic rings. The summed E-state index contributed by atoms with van der Waals surface area (Å²) in [5.74, 6) is 0.566. The minimum absolute atomic E-state index is 0.103. The van der Waals surface area contributed by atoms with E-state index >= 15 is 0 Å². The van der Waals surface area contributed by atoms with E-state index in [1.165, 1.54) is 0 Å². The van der Waals surface area contributed by atoms with Crippen LogP contribution in [0.2, 0.25) is 0 Å². The van der Waals surface area contributed by atoms with Gasteiger partial charge in [-0.2, -0.15) is 5.26 Å². The smallest absolute Gasteiger partial charge is 0.255 e.